The van der Waals surface area contributed by atoms with Gasteiger partial charge in [-0.05, 0) is 50.2 Å². The van der Waals surface area contributed by atoms with Gasteiger partial charge in [0.05, 0.1) is 0 Å². The second-order valence-corrected chi connectivity index (χ2v) is 25.0. The van der Waals surface area contributed by atoms with Gasteiger partial charge < -0.3 is 4.98 Å². The van der Waals surface area contributed by atoms with Gasteiger partial charge in [0.15, 0.2) is 0 Å². The Morgan fingerprint density at radius 2 is 1.42 bits per heavy atom. The molecule has 0 amide bonds. The van der Waals surface area contributed by atoms with Gasteiger partial charge in [0.2, 0.25) is 0 Å². The van der Waals surface area contributed by atoms with Crippen molar-refractivity contribution in [3.05, 3.63) is 175 Å². The van der Waals surface area contributed by atoms with Crippen molar-refractivity contribution in [2.45, 2.75) is 30.1 Å². The number of hydrogen-bond acceptors (Lipinski definition) is 3. The average Bonchev–Trinajstić information content (AvgIpc) is 3.55. The fraction of sp³-hybridized carbons (Fsp3) is 0.111. The fourth-order valence-electron chi connectivity index (χ4n) is 6.18. The number of rotatable bonds is 6. The fourth-order valence-corrected chi connectivity index (χ4v) is 9.58. The number of benzene rings is 5. The van der Waals surface area contributed by atoms with Crippen molar-refractivity contribution in [3.63, 3.8) is 0 Å². The number of hydrogen-bond donors (Lipinski definition) is 0. The normalized spacial score (nSPS) is 11.8. The second kappa shape index (κ2) is 15.8. The van der Waals surface area contributed by atoms with E-state index in [0.29, 0.717) is 5.92 Å². The summed E-state index contributed by atoms with van der Waals surface area (Å²) in [6.07, 6.45) is 3.97. The second-order valence-electron chi connectivity index (χ2n) is 13.3. The van der Waals surface area contributed by atoms with Crippen molar-refractivity contribution in [2.24, 2.45) is 0 Å². The van der Waals surface area contributed by atoms with Gasteiger partial charge in [0, 0.05) is 36.9 Å². The van der Waals surface area contributed by atoms with Crippen LogP contribution in [0.3, 0.4) is 0 Å². The quantitative estimate of drug-likeness (QED) is 0.123. The topological polar surface area (TPSA) is 25.8 Å². The van der Waals surface area contributed by atoms with E-state index in [2.05, 4.69) is 151 Å². The zero-order valence-corrected chi connectivity index (χ0v) is 34.0. The summed E-state index contributed by atoms with van der Waals surface area (Å²) in [5.74, 6) is 7.45. The van der Waals surface area contributed by atoms with Crippen LogP contribution in [0.15, 0.2) is 152 Å². The Kier molecular flexibility index (Phi) is 11.3. The number of aromatic nitrogens is 2. The molecule has 0 aliphatic rings. The SMILES string of the molecule is CC(c1ccccc1)c1ccnc(-c2[c-]ccc3c2sc2cccc(-c4ccccc4)c23)c1.[CH3][Ge]([CH3])([CH3])[c]1ccc(-c2[c-]cccc2)nc1.[Ir]. The van der Waals surface area contributed by atoms with Crippen molar-refractivity contribution in [1.29, 1.82) is 0 Å². The van der Waals surface area contributed by atoms with Crippen LogP contribution in [-0.2, 0) is 20.1 Å². The van der Waals surface area contributed by atoms with E-state index in [-0.39, 0.29) is 20.1 Å². The van der Waals surface area contributed by atoms with E-state index in [1.807, 2.05) is 54.1 Å². The number of nitrogens with zero attached hydrogens (tertiary/aromatic N) is 2. The molecule has 0 aliphatic carbocycles. The molecule has 2 nitrogen and oxygen atoms in total. The summed E-state index contributed by atoms with van der Waals surface area (Å²) in [6, 6.07) is 55.5. The molecular formula is C45H38GeIrN2S-2. The Hall–Kier alpha value is -4.19. The van der Waals surface area contributed by atoms with Crippen LogP contribution in [0.1, 0.15) is 24.0 Å². The van der Waals surface area contributed by atoms with Crippen LogP contribution in [0.25, 0.3) is 53.8 Å². The van der Waals surface area contributed by atoms with Crippen molar-refractivity contribution >= 4 is 49.2 Å². The Labute approximate surface area is 316 Å². The molecule has 0 spiro atoms. The molecule has 0 saturated heterocycles. The summed E-state index contributed by atoms with van der Waals surface area (Å²) in [5, 5.41) is 2.58. The minimum Gasteiger partial charge on any atom is 0 e. The molecule has 1 unspecified atom stereocenters. The molecule has 0 aliphatic heterocycles. The number of thiophene rings is 1. The summed E-state index contributed by atoms with van der Waals surface area (Å²) >= 11 is 0.115. The van der Waals surface area contributed by atoms with E-state index in [1.165, 1.54) is 46.8 Å². The van der Waals surface area contributed by atoms with Crippen molar-refractivity contribution in [1.82, 2.24) is 9.97 Å². The molecule has 5 aromatic carbocycles. The molecule has 5 heteroatoms. The molecule has 3 aromatic heterocycles. The standard InChI is InChI=1S/C31H22NS.C14H16GeN.Ir/c1-21(22-10-4-2-5-11-22)24-18-19-32-28(20-24)26-15-8-16-27-30-25(23-12-6-3-7-13-23)14-9-17-29(30)33-31(26)27;1-15(2,3)13-9-10-14(16-11-13)12-7-5-4-6-8-12;/h2-14,16-21H,1H3;4-7,9-11H,1-3H3;/q2*-1;. The largest absolute Gasteiger partial charge is 0 e. The molecule has 0 N–H and O–H groups in total. The number of fused-ring (bicyclic) bond motifs is 3. The third-order valence-corrected chi connectivity index (χ3v) is 14.4. The first kappa shape index (κ1) is 35.6. The molecule has 1 atom stereocenters. The Bertz CT molecular complexity index is 2310. The summed E-state index contributed by atoms with van der Waals surface area (Å²) in [4.78, 5) is 9.29. The first-order chi connectivity index (χ1) is 23.9. The van der Waals surface area contributed by atoms with E-state index in [1.54, 1.807) is 0 Å². The zero-order chi connectivity index (χ0) is 33.8. The van der Waals surface area contributed by atoms with E-state index in [0.717, 1.165) is 22.5 Å². The van der Waals surface area contributed by atoms with E-state index >= 15 is 0 Å². The van der Waals surface area contributed by atoms with Gasteiger partial charge in [-0.2, -0.15) is 11.3 Å². The Morgan fingerprint density at radius 1 is 0.660 bits per heavy atom. The molecule has 8 rings (SSSR count). The molecule has 3 heterocycles. The maximum absolute atomic E-state index is 4.76. The Balaban J connectivity index is 0.000000215. The van der Waals surface area contributed by atoms with Gasteiger partial charge in [-0.1, -0.05) is 91.2 Å². The molecule has 8 aromatic rings. The van der Waals surface area contributed by atoms with E-state index in [4.69, 9.17) is 4.98 Å². The molecule has 0 fully saturated rings. The van der Waals surface area contributed by atoms with Gasteiger partial charge in [-0.15, -0.1) is 23.8 Å². The van der Waals surface area contributed by atoms with Crippen LogP contribution in [0.2, 0.25) is 17.3 Å². The van der Waals surface area contributed by atoms with Crippen LogP contribution in [0.5, 0.6) is 0 Å². The zero-order valence-electron chi connectivity index (χ0n) is 28.6. The van der Waals surface area contributed by atoms with Crippen LogP contribution >= 0.6 is 11.3 Å². The molecular weight excluding hydrogens is 865 g/mol. The van der Waals surface area contributed by atoms with Gasteiger partial charge in [0.1, 0.15) is 0 Å². The first-order valence-electron chi connectivity index (χ1n) is 16.7. The first-order valence-corrected chi connectivity index (χ1v) is 24.9. The molecule has 50 heavy (non-hydrogen) atoms. The monoisotopic (exact) mass is 905 g/mol. The molecule has 1 radical (unpaired) electrons. The number of pyridine rings is 2. The summed E-state index contributed by atoms with van der Waals surface area (Å²) in [5.41, 5.74) is 9.23. The van der Waals surface area contributed by atoms with E-state index in [9.17, 15) is 0 Å². The van der Waals surface area contributed by atoms with Crippen molar-refractivity contribution < 1.29 is 20.1 Å². The summed E-state index contributed by atoms with van der Waals surface area (Å²) in [7, 11) is 0. The third-order valence-electron chi connectivity index (χ3n) is 9.00. The summed E-state index contributed by atoms with van der Waals surface area (Å²) < 4.78 is 3.98. The van der Waals surface area contributed by atoms with Crippen LogP contribution in [0.4, 0.5) is 0 Å². The van der Waals surface area contributed by atoms with Gasteiger partial charge in [0.25, 0.3) is 0 Å². The minimum absolute atomic E-state index is 0. The molecule has 0 bridgehead atoms. The predicted octanol–water partition coefficient (Wildman–Crippen LogP) is 11.8. The minimum atomic E-state index is -1.72. The third kappa shape index (κ3) is 7.75. The van der Waals surface area contributed by atoms with Crippen LogP contribution in [-0.4, -0.2) is 23.2 Å². The van der Waals surface area contributed by atoms with Crippen LogP contribution < -0.4 is 4.40 Å². The molecule has 0 saturated carbocycles. The Morgan fingerprint density at radius 3 is 2.12 bits per heavy atom. The van der Waals surface area contributed by atoms with Crippen molar-refractivity contribution in [3.8, 4) is 33.6 Å². The maximum Gasteiger partial charge on any atom is 0 e. The maximum atomic E-state index is 4.76. The smallest absolute Gasteiger partial charge is 0 e. The predicted molar refractivity (Wildman–Crippen MR) is 212 cm³/mol. The summed E-state index contributed by atoms with van der Waals surface area (Å²) in [6.45, 7) is 2.25. The molecule has 249 valence electrons. The van der Waals surface area contributed by atoms with Gasteiger partial charge in [-0.25, -0.2) is 0 Å². The van der Waals surface area contributed by atoms with Crippen LogP contribution in [0, 0.1) is 12.1 Å². The van der Waals surface area contributed by atoms with E-state index < -0.39 is 13.3 Å². The van der Waals surface area contributed by atoms with Crippen molar-refractivity contribution in [2.75, 3.05) is 0 Å². The average molecular weight is 904 g/mol. The van der Waals surface area contributed by atoms with Gasteiger partial charge in [-0.3, -0.25) is 0 Å². The van der Waals surface area contributed by atoms with Gasteiger partial charge >= 0.3 is 99.8 Å².